The van der Waals surface area contributed by atoms with Crippen LogP contribution < -0.4 is 10.5 Å². The van der Waals surface area contributed by atoms with Crippen LogP contribution in [0.4, 0.5) is 0 Å². The standard InChI is InChI=1S/C8H11NO.C2H6O/c1-10-8-4-2-7(6-9)3-5-8;1-2-3/h2-5H,6,9H2,1H3;3H,2H2,1H3. The van der Waals surface area contributed by atoms with Gasteiger partial charge in [-0.1, -0.05) is 12.1 Å². The van der Waals surface area contributed by atoms with Crippen LogP contribution in [0.3, 0.4) is 0 Å². The van der Waals surface area contributed by atoms with Gasteiger partial charge in [0.2, 0.25) is 0 Å². The number of aliphatic hydroxyl groups excluding tert-OH is 1. The van der Waals surface area contributed by atoms with Crippen molar-refractivity contribution in [2.24, 2.45) is 5.73 Å². The number of methoxy groups -OCH3 is 1. The number of hydrogen-bond donors (Lipinski definition) is 2. The Balaban J connectivity index is 0.000000424. The maximum atomic E-state index is 7.57. The van der Waals surface area contributed by atoms with Crippen molar-refractivity contribution >= 4 is 0 Å². The fraction of sp³-hybridized carbons (Fsp3) is 0.400. The zero-order chi connectivity index (χ0) is 10.1. The molecule has 3 heteroatoms. The third-order valence-corrected chi connectivity index (χ3v) is 1.39. The topological polar surface area (TPSA) is 55.5 Å². The van der Waals surface area contributed by atoms with Crippen LogP contribution in [0.2, 0.25) is 0 Å². The molecule has 3 N–H and O–H groups in total. The van der Waals surface area contributed by atoms with Gasteiger partial charge in [-0.15, -0.1) is 0 Å². The molecule has 1 aromatic carbocycles. The summed E-state index contributed by atoms with van der Waals surface area (Å²) in [5.41, 5.74) is 6.53. The van der Waals surface area contributed by atoms with Gasteiger partial charge in [-0.3, -0.25) is 0 Å². The highest BCUT2D eigenvalue weighted by Crippen LogP contribution is 2.10. The maximum Gasteiger partial charge on any atom is 0.118 e. The van der Waals surface area contributed by atoms with Gasteiger partial charge in [0.15, 0.2) is 0 Å². The summed E-state index contributed by atoms with van der Waals surface area (Å²) in [6.07, 6.45) is 0. The molecule has 3 nitrogen and oxygen atoms in total. The second kappa shape index (κ2) is 7.58. The summed E-state index contributed by atoms with van der Waals surface area (Å²) in [7, 11) is 1.65. The second-order valence-electron chi connectivity index (χ2n) is 2.37. The average Bonchev–Trinajstić information content (AvgIpc) is 2.19. The summed E-state index contributed by atoms with van der Waals surface area (Å²) in [5, 5.41) is 7.57. The Kier molecular flexibility index (Phi) is 6.96. The van der Waals surface area contributed by atoms with Gasteiger partial charge in [0.25, 0.3) is 0 Å². The largest absolute Gasteiger partial charge is 0.497 e. The molecule has 1 rings (SSSR count). The molecule has 0 saturated heterocycles. The smallest absolute Gasteiger partial charge is 0.118 e. The summed E-state index contributed by atoms with van der Waals surface area (Å²) in [6.45, 7) is 2.52. The van der Waals surface area contributed by atoms with E-state index in [-0.39, 0.29) is 6.61 Å². The Morgan fingerprint density at radius 2 is 1.77 bits per heavy atom. The van der Waals surface area contributed by atoms with E-state index in [1.165, 1.54) is 0 Å². The van der Waals surface area contributed by atoms with Gasteiger partial charge in [-0.05, 0) is 24.6 Å². The van der Waals surface area contributed by atoms with E-state index >= 15 is 0 Å². The van der Waals surface area contributed by atoms with Crippen molar-refractivity contribution in [3.8, 4) is 5.75 Å². The zero-order valence-electron chi connectivity index (χ0n) is 8.16. The number of aliphatic hydroxyl groups is 1. The third kappa shape index (κ3) is 5.22. The van der Waals surface area contributed by atoms with Crippen LogP contribution in [-0.2, 0) is 6.54 Å². The van der Waals surface area contributed by atoms with Crippen molar-refractivity contribution in [2.45, 2.75) is 13.5 Å². The molecular formula is C10H17NO2. The Bertz CT molecular complexity index is 186. The van der Waals surface area contributed by atoms with Crippen LogP contribution in [-0.4, -0.2) is 18.8 Å². The highest BCUT2D eigenvalue weighted by atomic mass is 16.5. The molecule has 0 atom stereocenters. The van der Waals surface area contributed by atoms with E-state index in [9.17, 15) is 0 Å². The second-order valence-corrected chi connectivity index (χ2v) is 2.37. The zero-order valence-corrected chi connectivity index (χ0v) is 8.16. The summed E-state index contributed by atoms with van der Waals surface area (Å²) in [5.74, 6) is 0.872. The van der Waals surface area contributed by atoms with Gasteiger partial charge in [-0.2, -0.15) is 0 Å². The molecule has 0 spiro atoms. The third-order valence-electron chi connectivity index (χ3n) is 1.39. The van der Waals surface area contributed by atoms with Gasteiger partial charge in [-0.25, -0.2) is 0 Å². The Morgan fingerprint density at radius 1 is 1.31 bits per heavy atom. The molecule has 1 aromatic rings. The van der Waals surface area contributed by atoms with Crippen molar-refractivity contribution in [1.82, 2.24) is 0 Å². The minimum atomic E-state index is 0.250. The predicted molar refractivity (Wildman–Crippen MR) is 53.6 cm³/mol. The Labute approximate surface area is 79.1 Å². The molecule has 0 bridgehead atoms. The fourth-order valence-corrected chi connectivity index (χ4v) is 0.762. The fourth-order valence-electron chi connectivity index (χ4n) is 0.762. The lowest BCUT2D eigenvalue weighted by Crippen LogP contribution is -1.95. The van der Waals surface area contributed by atoms with Crippen molar-refractivity contribution in [2.75, 3.05) is 13.7 Å². The predicted octanol–water partition coefficient (Wildman–Crippen LogP) is 1.15. The van der Waals surface area contributed by atoms with Gasteiger partial charge in [0.1, 0.15) is 5.75 Å². The summed E-state index contributed by atoms with van der Waals surface area (Å²) >= 11 is 0. The Hall–Kier alpha value is -1.06. The molecule has 0 aliphatic heterocycles. The average molecular weight is 183 g/mol. The molecule has 0 fully saturated rings. The first-order valence-corrected chi connectivity index (χ1v) is 4.22. The number of hydrogen-bond acceptors (Lipinski definition) is 3. The van der Waals surface area contributed by atoms with Crippen LogP contribution in [0.25, 0.3) is 0 Å². The first kappa shape index (κ1) is 11.9. The molecule has 0 unspecified atom stereocenters. The van der Waals surface area contributed by atoms with Crippen LogP contribution in [0.15, 0.2) is 24.3 Å². The van der Waals surface area contributed by atoms with Crippen molar-refractivity contribution in [1.29, 1.82) is 0 Å². The van der Waals surface area contributed by atoms with Gasteiger partial charge < -0.3 is 15.6 Å². The summed E-state index contributed by atoms with van der Waals surface area (Å²) in [6, 6.07) is 7.72. The van der Waals surface area contributed by atoms with Crippen LogP contribution in [0.5, 0.6) is 5.75 Å². The minimum absolute atomic E-state index is 0.250. The highest BCUT2D eigenvalue weighted by molar-refractivity contribution is 5.26. The van der Waals surface area contributed by atoms with E-state index in [0.717, 1.165) is 11.3 Å². The molecule has 0 saturated carbocycles. The van der Waals surface area contributed by atoms with E-state index < -0.39 is 0 Å². The highest BCUT2D eigenvalue weighted by Gasteiger charge is 1.89. The minimum Gasteiger partial charge on any atom is -0.497 e. The van der Waals surface area contributed by atoms with Gasteiger partial charge >= 0.3 is 0 Å². The van der Waals surface area contributed by atoms with Crippen molar-refractivity contribution in [3.63, 3.8) is 0 Å². The van der Waals surface area contributed by atoms with E-state index in [1.807, 2.05) is 24.3 Å². The van der Waals surface area contributed by atoms with E-state index in [0.29, 0.717) is 6.54 Å². The molecule has 0 aliphatic carbocycles. The molecule has 0 heterocycles. The van der Waals surface area contributed by atoms with Crippen molar-refractivity contribution < 1.29 is 9.84 Å². The summed E-state index contributed by atoms with van der Waals surface area (Å²) < 4.78 is 4.97. The number of ether oxygens (including phenoxy) is 1. The first-order valence-electron chi connectivity index (χ1n) is 4.22. The van der Waals surface area contributed by atoms with E-state index in [2.05, 4.69) is 0 Å². The van der Waals surface area contributed by atoms with E-state index in [1.54, 1.807) is 14.0 Å². The quantitative estimate of drug-likeness (QED) is 0.723. The van der Waals surface area contributed by atoms with Gasteiger partial charge in [0.05, 0.1) is 7.11 Å². The lowest BCUT2D eigenvalue weighted by Gasteiger charge is -1.99. The molecule has 0 aromatic heterocycles. The van der Waals surface area contributed by atoms with Crippen LogP contribution >= 0.6 is 0 Å². The lowest BCUT2D eigenvalue weighted by molar-refractivity contribution is 0.318. The Morgan fingerprint density at radius 3 is 2.08 bits per heavy atom. The number of rotatable bonds is 2. The summed E-state index contributed by atoms with van der Waals surface area (Å²) in [4.78, 5) is 0. The van der Waals surface area contributed by atoms with E-state index in [4.69, 9.17) is 15.6 Å². The lowest BCUT2D eigenvalue weighted by atomic mass is 10.2. The molecule has 0 aliphatic rings. The molecular weight excluding hydrogens is 166 g/mol. The van der Waals surface area contributed by atoms with Crippen molar-refractivity contribution in [3.05, 3.63) is 29.8 Å². The van der Waals surface area contributed by atoms with Gasteiger partial charge in [0, 0.05) is 13.2 Å². The SMILES string of the molecule is CCO.COc1ccc(CN)cc1. The normalized spacial score (nSPS) is 8.62. The monoisotopic (exact) mass is 183 g/mol. The first-order chi connectivity index (χ1) is 6.28. The van der Waals surface area contributed by atoms with Crippen LogP contribution in [0.1, 0.15) is 12.5 Å². The number of nitrogens with two attached hydrogens (primary N) is 1. The molecule has 0 radical (unpaired) electrons. The molecule has 74 valence electrons. The maximum absolute atomic E-state index is 7.57. The van der Waals surface area contributed by atoms with Crippen LogP contribution in [0, 0.1) is 0 Å². The number of benzene rings is 1. The molecule has 13 heavy (non-hydrogen) atoms. The molecule has 0 amide bonds.